The Morgan fingerprint density at radius 2 is 1.39 bits per heavy atom. The van der Waals surface area contributed by atoms with Crippen LogP contribution in [0.4, 0.5) is 5.69 Å². The molecule has 0 saturated carbocycles. The Balaban J connectivity index is 1.49. The zero-order valence-corrected chi connectivity index (χ0v) is 18.4. The summed E-state index contributed by atoms with van der Waals surface area (Å²) in [5.41, 5.74) is 2.53. The highest BCUT2D eigenvalue weighted by atomic mass is 32.2. The van der Waals surface area contributed by atoms with Gasteiger partial charge in [-0.3, -0.25) is 4.79 Å². The molecular weight excluding hydrogens is 430 g/mol. The number of carbonyl (C=O) groups excluding carboxylic acids is 1. The third-order valence-corrected chi connectivity index (χ3v) is 6.11. The number of hydrogen-bond donors (Lipinski definition) is 3. The Bertz CT molecular complexity index is 1120. The van der Waals surface area contributed by atoms with Gasteiger partial charge in [0.05, 0.1) is 11.3 Å². The molecule has 0 bridgehead atoms. The van der Waals surface area contributed by atoms with Crippen molar-refractivity contribution in [2.45, 2.75) is 17.7 Å². The maximum Gasteiger partial charge on any atom is 0.240 e. The van der Waals surface area contributed by atoms with Gasteiger partial charge in [0, 0.05) is 12.2 Å². The summed E-state index contributed by atoms with van der Waals surface area (Å²) in [6, 6.07) is 25.2. The van der Waals surface area contributed by atoms with E-state index >= 15 is 0 Å². The number of hydrogen-bond acceptors (Lipinski definition) is 4. The van der Waals surface area contributed by atoms with Crippen LogP contribution in [0.5, 0.6) is 0 Å². The lowest BCUT2D eigenvalue weighted by Gasteiger charge is -2.11. The predicted molar refractivity (Wildman–Crippen MR) is 126 cm³/mol. The van der Waals surface area contributed by atoms with E-state index in [4.69, 9.17) is 12.2 Å². The second-order valence-corrected chi connectivity index (χ2v) is 9.00. The standard InChI is InChI=1S/C23H23N3O3S2/c27-22(17-19-9-5-2-6-10-19)26-23(30)25-20-11-13-21(14-12-20)31(28,29)24-16-15-18-7-3-1-4-8-18/h1-14,24H,15-17H2,(H2,25,26,27,30). The van der Waals surface area contributed by atoms with Gasteiger partial charge in [-0.15, -0.1) is 0 Å². The van der Waals surface area contributed by atoms with E-state index in [1.807, 2.05) is 60.7 Å². The van der Waals surface area contributed by atoms with E-state index in [0.717, 1.165) is 11.1 Å². The molecule has 0 atom stereocenters. The van der Waals surface area contributed by atoms with Gasteiger partial charge in [0.2, 0.25) is 15.9 Å². The van der Waals surface area contributed by atoms with Crippen LogP contribution in [0.3, 0.4) is 0 Å². The highest BCUT2D eigenvalue weighted by molar-refractivity contribution is 7.89. The fourth-order valence-corrected chi connectivity index (χ4v) is 4.15. The average molecular weight is 454 g/mol. The van der Waals surface area contributed by atoms with Gasteiger partial charge in [-0.25, -0.2) is 13.1 Å². The molecule has 0 fully saturated rings. The molecule has 3 rings (SSSR count). The molecule has 3 N–H and O–H groups in total. The average Bonchev–Trinajstić information content (AvgIpc) is 2.75. The third-order valence-electron chi connectivity index (χ3n) is 4.43. The Morgan fingerprint density at radius 3 is 2.00 bits per heavy atom. The number of anilines is 1. The van der Waals surface area contributed by atoms with Crippen LogP contribution in [-0.4, -0.2) is 26.0 Å². The van der Waals surface area contributed by atoms with E-state index in [-0.39, 0.29) is 22.3 Å². The fraction of sp³-hybridized carbons (Fsp3) is 0.130. The Labute approximate surface area is 187 Å². The molecule has 0 heterocycles. The predicted octanol–water partition coefficient (Wildman–Crippen LogP) is 3.26. The van der Waals surface area contributed by atoms with Crippen molar-refractivity contribution in [3.8, 4) is 0 Å². The van der Waals surface area contributed by atoms with Gasteiger partial charge in [-0.1, -0.05) is 60.7 Å². The molecule has 0 unspecified atom stereocenters. The maximum atomic E-state index is 12.5. The molecule has 0 aliphatic heterocycles. The number of carbonyl (C=O) groups is 1. The Morgan fingerprint density at radius 1 is 0.806 bits per heavy atom. The molecule has 0 spiro atoms. The van der Waals surface area contributed by atoms with Crippen LogP contribution in [0.15, 0.2) is 89.8 Å². The van der Waals surface area contributed by atoms with Gasteiger partial charge < -0.3 is 10.6 Å². The van der Waals surface area contributed by atoms with Crippen molar-refractivity contribution in [3.63, 3.8) is 0 Å². The molecule has 0 aromatic heterocycles. The quantitative estimate of drug-likeness (QED) is 0.456. The zero-order chi connectivity index (χ0) is 22.1. The first kappa shape index (κ1) is 22.6. The first-order chi connectivity index (χ1) is 14.9. The molecule has 160 valence electrons. The van der Waals surface area contributed by atoms with Gasteiger partial charge >= 0.3 is 0 Å². The maximum absolute atomic E-state index is 12.5. The van der Waals surface area contributed by atoms with E-state index in [0.29, 0.717) is 18.7 Å². The summed E-state index contributed by atoms with van der Waals surface area (Å²) >= 11 is 5.16. The van der Waals surface area contributed by atoms with E-state index < -0.39 is 10.0 Å². The topological polar surface area (TPSA) is 87.3 Å². The van der Waals surface area contributed by atoms with Gasteiger partial charge in [-0.05, 0) is 54.0 Å². The molecule has 0 saturated heterocycles. The van der Waals surface area contributed by atoms with Gasteiger partial charge in [-0.2, -0.15) is 0 Å². The van der Waals surface area contributed by atoms with Crippen molar-refractivity contribution in [3.05, 3.63) is 96.1 Å². The smallest absolute Gasteiger partial charge is 0.240 e. The van der Waals surface area contributed by atoms with Crippen LogP contribution >= 0.6 is 12.2 Å². The number of amides is 1. The van der Waals surface area contributed by atoms with Crippen LogP contribution in [0, 0.1) is 0 Å². The molecule has 0 radical (unpaired) electrons. The summed E-state index contributed by atoms with van der Waals surface area (Å²) in [6.45, 7) is 0.309. The van der Waals surface area contributed by atoms with Crippen LogP contribution < -0.4 is 15.4 Å². The summed E-state index contributed by atoms with van der Waals surface area (Å²) in [4.78, 5) is 12.2. The third kappa shape index (κ3) is 7.29. The highest BCUT2D eigenvalue weighted by Gasteiger charge is 2.13. The zero-order valence-electron chi connectivity index (χ0n) is 16.7. The fourth-order valence-electron chi connectivity index (χ4n) is 2.89. The summed E-state index contributed by atoms with van der Waals surface area (Å²) in [5.74, 6) is -0.231. The second-order valence-electron chi connectivity index (χ2n) is 6.82. The lowest BCUT2D eigenvalue weighted by molar-refractivity contribution is -0.119. The molecule has 3 aromatic rings. The normalized spacial score (nSPS) is 11.0. The van der Waals surface area contributed by atoms with Crippen molar-refractivity contribution in [1.29, 1.82) is 0 Å². The second kappa shape index (κ2) is 10.8. The van der Waals surface area contributed by atoms with E-state index in [2.05, 4.69) is 15.4 Å². The van der Waals surface area contributed by atoms with Gasteiger partial charge in [0.1, 0.15) is 0 Å². The Kier molecular flexibility index (Phi) is 7.88. The van der Waals surface area contributed by atoms with Crippen LogP contribution in [0.25, 0.3) is 0 Å². The first-order valence-corrected chi connectivity index (χ1v) is 11.6. The number of nitrogens with one attached hydrogen (secondary N) is 3. The summed E-state index contributed by atoms with van der Waals surface area (Å²) < 4.78 is 27.5. The molecule has 8 heteroatoms. The largest absolute Gasteiger partial charge is 0.332 e. The lowest BCUT2D eigenvalue weighted by atomic mass is 10.1. The van der Waals surface area contributed by atoms with Crippen molar-refractivity contribution >= 4 is 38.9 Å². The van der Waals surface area contributed by atoms with E-state index in [1.165, 1.54) is 12.1 Å². The number of sulfonamides is 1. The molecule has 3 aromatic carbocycles. The monoisotopic (exact) mass is 453 g/mol. The minimum Gasteiger partial charge on any atom is -0.332 e. The van der Waals surface area contributed by atoms with Crippen molar-refractivity contribution in [1.82, 2.24) is 10.0 Å². The summed E-state index contributed by atoms with van der Waals surface area (Å²) in [7, 11) is -3.61. The highest BCUT2D eigenvalue weighted by Crippen LogP contribution is 2.14. The molecular formula is C23H23N3O3S2. The molecule has 1 amide bonds. The Hall–Kier alpha value is -3.07. The number of rotatable bonds is 8. The minimum absolute atomic E-state index is 0.150. The van der Waals surface area contributed by atoms with Crippen molar-refractivity contribution < 1.29 is 13.2 Å². The molecule has 6 nitrogen and oxygen atoms in total. The van der Waals surface area contributed by atoms with Gasteiger partial charge in [0.25, 0.3) is 0 Å². The van der Waals surface area contributed by atoms with Crippen LogP contribution in [-0.2, 0) is 27.7 Å². The number of thiocarbonyl (C=S) groups is 1. The molecule has 31 heavy (non-hydrogen) atoms. The first-order valence-electron chi connectivity index (χ1n) is 9.71. The van der Waals surface area contributed by atoms with E-state index in [9.17, 15) is 13.2 Å². The summed E-state index contributed by atoms with van der Waals surface area (Å²) in [5, 5.41) is 5.65. The molecule has 0 aliphatic rings. The van der Waals surface area contributed by atoms with Crippen LogP contribution in [0.2, 0.25) is 0 Å². The van der Waals surface area contributed by atoms with E-state index in [1.54, 1.807) is 12.1 Å². The lowest BCUT2D eigenvalue weighted by Crippen LogP contribution is -2.35. The summed E-state index contributed by atoms with van der Waals surface area (Å²) in [6.07, 6.45) is 0.825. The van der Waals surface area contributed by atoms with Gasteiger partial charge in [0.15, 0.2) is 5.11 Å². The van der Waals surface area contributed by atoms with Crippen molar-refractivity contribution in [2.24, 2.45) is 0 Å². The number of benzene rings is 3. The van der Waals surface area contributed by atoms with Crippen LogP contribution in [0.1, 0.15) is 11.1 Å². The SMILES string of the molecule is O=C(Cc1ccccc1)NC(=S)Nc1ccc(S(=O)(=O)NCCc2ccccc2)cc1. The van der Waals surface area contributed by atoms with Crippen molar-refractivity contribution in [2.75, 3.05) is 11.9 Å². The minimum atomic E-state index is -3.61. The molecule has 0 aliphatic carbocycles.